The van der Waals surface area contributed by atoms with Gasteiger partial charge in [0.1, 0.15) is 12.1 Å². The minimum atomic E-state index is -1.19. The van der Waals surface area contributed by atoms with E-state index in [-0.39, 0.29) is 6.42 Å². The maximum atomic E-state index is 13.7. The van der Waals surface area contributed by atoms with Gasteiger partial charge >= 0.3 is 11.9 Å². The molecule has 0 fully saturated rings. The molecule has 202 valence electrons. The Balaban J connectivity index is 3.22. The van der Waals surface area contributed by atoms with Crippen molar-refractivity contribution >= 4 is 23.8 Å². The molecule has 2 amide bonds. The molecule has 9 heteroatoms. The second-order valence-electron chi connectivity index (χ2n) is 9.44. The van der Waals surface area contributed by atoms with Crippen LogP contribution in [0.3, 0.4) is 0 Å². The molecule has 4 N–H and O–H groups in total. The van der Waals surface area contributed by atoms with Crippen LogP contribution in [-0.2, 0) is 35.1 Å². The molecule has 4 unspecified atom stereocenters. The van der Waals surface area contributed by atoms with Crippen molar-refractivity contribution in [3.05, 3.63) is 35.9 Å². The average Bonchev–Trinajstić information content (AvgIpc) is 2.90. The summed E-state index contributed by atoms with van der Waals surface area (Å²) in [5.74, 6) is -1.98. The van der Waals surface area contributed by atoms with Crippen LogP contribution in [0.5, 0.6) is 0 Å². The minimum absolute atomic E-state index is 0.250. The predicted molar refractivity (Wildman–Crippen MR) is 138 cm³/mol. The number of amides is 2. The number of ether oxygens (including phenoxy) is 2. The van der Waals surface area contributed by atoms with E-state index in [1.54, 1.807) is 13.8 Å². The molecule has 36 heavy (non-hydrogen) atoms. The molecule has 0 saturated carbocycles. The number of unbranched alkanes of at least 4 members (excludes halogenated alkanes) is 1. The first-order valence-corrected chi connectivity index (χ1v) is 12.6. The first-order chi connectivity index (χ1) is 17.0. The second kappa shape index (κ2) is 14.6. The Morgan fingerprint density at radius 1 is 0.833 bits per heavy atom. The van der Waals surface area contributed by atoms with Gasteiger partial charge in [0, 0.05) is 6.42 Å². The van der Waals surface area contributed by atoms with E-state index in [4.69, 9.17) is 15.2 Å². The van der Waals surface area contributed by atoms with E-state index in [0.717, 1.165) is 5.56 Å². The Labute approximate surface area is 214 Å². The van der Waals surface area contributed by atoms with Gasteiger partial charge in [-0.15, -0.1) is 0 Å². The van der Waals surface area contributed by atoms with Crippen molar-refractivity contribution < 1.29 is 28.7 Å². The Morgan fingerprint density at radius 2 is 1.31 bits per heavy atom. The van der Waals surface area contributed by atoms with Crippen LogP contribution in [0.4, 0.5) is 0 Å². The summed E-state index contributed by atoms with van der Waals surface area (Å²) in [5.41, 5.74) is 4.06. The fourth-order valence-electron chi connectivity index (χ4n) is 4.31. The molecule has 0 radical (unpaired) electrons. The fourth-order valence-corrected chi connectivity index (χ4v) is 4.31. The number of carbonyl (C=O) groups is 4. The Morgan fingerprint density at radius 3 is 1.75 bits per heavy atom. The van der Waals surface area contributed by atoms with Crippen LogP contribution in [0, 0.1) is 10.8 Å². The predicted octanol–water partition coefficient (Wildman–Crippen LogP) is 2.51. The summed E-state index contributed by atoms with van der Waals surface area (Å²) >= 11 is 0. The Kier molecular flexibility index (Phi) is 12.6. The van der Waals surface area contributed by atoms with Crippen LogP contribution < -0.4 is 16.4 Å². The summed E-state index contributed by atoms with van der Waals surface area (Å²) in [6, 6.07) is 7.54. The number of carbonyl (C=O) groups excluding carboxylic acids is 4. The molecule has 1 aromatic carbocycles. The highest BCUT2D eigenvalue weighted by molar-refractivity contribution is 5.96. The van der Waals surface area contributed by atoms with Crippen LogP contribution >= 0.6 is 0 Å². The van der Waals surface area contributed by atoms with Crippen molar-refractivity contribution in [3.8, 4) is 0 Å². The van der Waals surface area contributed by atoms with E-state index in [1.165, 1.54) is 14.2 Å². The molecule has 0 aromatic heterocycles. The number of nitrogens with one attached hydrogen (secondary N) is 2. The summed E-state index contributed by atoms with van der Waals surface area (Å²) in [5, 5.41) is 5.65. The number of rotatable bonds is 15. The molecular weight excluding hydrogens is 462 g/mol. The van der Waals surface area contributed by atoms with Crippen molar-refractivity contribution in [3.63, 3.8) is 0 Å². The number of esters is 2. The molecule has 0 bridgehead atoms. The Bertz CT molecular complexity index is 878. The van der Waals surface area contributed by atoms with Gasteiger partial charge in [-0.3, -0.25) is 9.59 Å². The molecule has 0 heterocycles. The lowest BCUT2D eigenvalue weighted by Crippen LogP contribution is -2.60. The highest BCUT2D eigenvalue weighted by atomic mass is 16.5. The largest absolute Gasteiger partial charge is 0.467 e. The normalized spacial score (nSPS) is 16.0. The number of hydrogen-bond donors (Lipinski definition) is 3. The molecule has 9 nitrogen and oxygen atoms in total. The van der Waals surface area contributed by atoms with Crippen molar-refractivity contribution in [1.82, 2.24) is 10.6 Å². The third kappa shape index (κ3) is 7.53. The maximum absolute atomic E-state index is 13.7. The van der Waals surface area contributed by atoms with E-state index in [0.29, 0.717) is 38.6 Å². The zero-order valence-electron chi connectivity index (χ0n) is 22.5. The fraction of sp³-hybridized carbons (Fsp3) is 0.630. The van der Waals surface area contributed by atoms with E-state index in [2.05, 4.69) is 10.6 Å². The summed E-state index contributed by atoms with van der Waals surface area (Å²) < 4.78 is 9.82. The van der Waals surface area contributed by atoms with Gasteiger partial charge in [-0.25, -0.2) is 9.59 Å². The van der Waals surface area contributed by atoms with Gasteiger partial charge in [0.25, 0.3) is 0 Å². The van der Waals surface area contributed by atoms with Crippen LogP contribution in [0.2, 0.25) is 0 Å². The SMILES string of the molecule is CCC(C)(C(=O)NC(CCCCN)C(=O)OC)C(C)(CC)C(=O)NC(Cc1ccccc1)C(=O)OC. The molecule has 0 aliphatic rings. The lowest BCUT2D eigenvalue weighted by molar-refractivity contribution is -0.156. The van der Waals surface area contributed by atoms with Crippen molar-refractivity contribution in [1.29, 1.82) is 0 Å². The number of nitrogens with two attached hydrogens (primary N) is 1. The van der Waals surface area contributed by atoms with Gasteiger partial charge in [0.2, 0.25) is 11.8 Å². The molecule has 0 spiro atoms. The standard InChI is InChI=1S/C27H43N3O6/c1-7-26(3,24(33)29-20(22(31)35-5)16-12-13-17-28)27(4,8-2)25(34)30-21(23(32)36-6)18-19-14-10-9-11-15-19/h9-11,14-15,20-21H,7-8,12-13,16-18,28H2,1-6H3,(H,29,33)(H,30,34). The van der Waals surface area contributed by atoms with Gasteiger partial charge in [0.05, 0.1) is 25.0 Å². The van der Waals surface area contributed by atoms with E-state index >= 15 is 0 Å². The molecule has 4 atom stereocenters. The molecule has 0 aliphatic heterocycles. The lowest BCUT2D eigenvalue weighted by Gasteiger charge is -2.44. The van der Waals surface area contributed by atoms with Gasteiger partial charge < -0.3 is 25.8 Å². The summed E-state index contributed by atoms with van der Waals surface area (Å²) in [6.07, 6.45) is 2.64. The Hall–Kier alpha value is -2.94. The highest BCUT2D eigenvalue weighted by Gasteiger charge is 2.53. The number of hydrogen-bond acceptors (Lipinski definition) is 7. The average molecular weight is 506 g/mol. The van der Waals surface area contributed by atoms with Gasteiger partial charge in [0.15, 0.2) is 0 Å². The van der Waals surface area contributed by atoms with Crippen LogP contribution in [0.1, 0.15) is 65.4 Å². The zero-order chi connectivity index (χ0) is 27.4. The monoisotopic (exact) mass is 505 g/mol. The van der Waals surface area contributed by atoms with E-state index in [1.807, 2.05) is 44.2 Å². The summed E-state index contributed by atoms with van der Waals surface area (Å²) in [6.45, 7) is 7.55. The quantitative estimate of drug-likeness (QED) is 0.246. The molecular formula is C27H43N3O6. The van der Waals surface area contributed by atoms with Gasteiger partial charge in [-0.1, -0.05) is 44.2 Å². The minimum Gasteiger partial charge on any atom is -0.467 e. The number of methoxy groups -OCH3 is 2. The van der Waals surface area contributed by atoms with Gasteiger partial charge in [-0.2, -0.15) is 0 Å². The number of benzene rings is 1. The van der Waals surface area contributed by atoms with Crippen LogP contribution in [0.15, 0.2) is 30.3 Å². The van der Waals surface area contributed by atoms with Crippen LogP contribution in [0.25, 0.3) is 0 Å². The van der Waals surface area contributed by atoms with Gasteiger partial charge in [-0.05, 0) is 58.1 Å². The highest BCUT2D eigenvalue weighted by Crippen LogP contribution is 2.45. The van der Waals surface area contributed by atoms with Crippen molar-refractivity contribution in [2.45, 2.75) is 78.3 Å². The van der Waals surface area contributed by atoms with Crippen molar-refractivity contribution in [2.75, 3.05) is 20.8 Å². The van der Waals surface area contributed by atoms with Crippen LogP contribution in [-0.4, -0.2) is 56.6 Å². The topological polar surface area (TPSA) is 137 Å². The van der Waals surface area contributed by atoms with E-state index < -0.39 is 46.7 Å². The smallest absolute Gasteiger partial charge is 0.328 e. The molecule has 1 rings (SSSR count). The first-order valence-electron chi connectivity index (χ1n) is 12.6. The lowest BCUT2D eigenvalue weighted by atomic mass is 9.61. The first kappa shape index (κ1) is 31.1. The maximum Gasteiger partial charge on any atom is 0.328 e. The summed E-state index contributed by atoms with van der Waals surface area (Å²) in [4.78, 5) is 52.2. The molecule has 0 saturated heterocycles. The summed E-state index contributed by atoms with van der Waals surface area (Å²) in [7, 11) is 2.54. The van der Waals surface area contributed by atoms with Crippen molar-refractivity contribution in [2.24, 2.45) is 16.6 Å². The third-order valence-corrected chi connectivity index (χ3v) is 7.45. The molecule has 1 aromatic rings. The zero-order valence-corrected chi connectivity index (χ0v) is 22.5. The molecule has 0 aliphatic carbocycles. The third-order valence-electron chi connectivity index (χ3n) is 7.45. The van der Waals surface area contributed by atoms with E-state index in [9.17, 15) is 19.2 Å². The second-order valence-corrected chi connectivity index (χ2v) is 9.44.